The molecule has 0 bridgehead atoms. The molecule has 6 heteroatoms. The van der Waals surface area contributed by atoms with Crippen LogP contribution in [0.5, 0.6) is 0 Å². The molecular weight excluding hydrogens is 356 g/mol. The molecule has 2 unspecified atom stereocenters. The second-order valence-electron chi connectivity index (χ2n) is 7.52. The van der Waals surface area contributed by atoms with E-state index < -0.39 is 12.1 Å². The summed E-state index contributed by atoms with van der Waals surface area (Å²) in [7, 11) is 0. The van der Waals surface area contributed by atoms with Gasteiger partial charge in [0.1, 0.15) is 11.8 Å². The molecule has 0 radical (unpaired) electrons. The highest BCUT2D eigenvalue weighted by Gasteiger charge is 2.27. The van der Waals surface area contributed by atoms with Crippen molar-refractivity contribution in [2.75, 3.05) is 0 Å². The van der Waals surface area contributed by atoms with Crippen molar-refractivity contribution < 1.29 is 19.2 Å². The summed E-state index contributed by atoms with van der Waals surface area (Å²) < 4.78 is 0. The highest BCUT2D eigenvalue weighted by atomic mass is 16.2. The zero-order valence-electron chi connectivity index (χ0n) is 17.3. The van der Waals surface area contributed by atoms with E-state index in [0.717, 1.165) is 5.56 Å². The van der Waals surface area contributed by atoms with Crippen LogP contribution in [0.15, 0.2) is 30.3 Å². The summed E-state index contributed by atoms with van der Waals surface area (Å²) in [4.78, 5) is 48.5. The van der Waals surface area contributed by atoms with Crippen LogP contribution in [-0.2, 0) is 25.6 Å². The van der Waals surface area contributed by atoms with Gasteiger partial charge in [0.15, 0.2) is 5.78 Å². The molecule has 0 aliphatic rings. The van der Waals surface area contributed by atoms with Crippen molar-refractivity contribution in [3.05, 3.63) is 35.9 Å². The summed E-state index contributed by atoms with van der Waals surface area (Å²) >= 11 is 0. The first-order valence-corrected chi connectivity index (χ1v) is 9.88. The van der Waals surface area contributed by atoms with E-state index in [4.69, 9.17) is 0 Å². The molecule has 0 fully saturated rings. The van der Waals surface area contributed by atoms with Crippen molar-refractivity contribution in [1.29, 1.82) is 0 Å². The number of hydrogen-bond acceptors (Lipinski definition) is 4. The maximum atomic E-state index is 12.9. The molecule has 28 heavy (non-hydrogen) atoms. The summed E-state index contributed by atoms with van der Waals surface area (Å²) in [6.45, 7) is 7.11. The van der Waals surface area contributed by atoms with Crippen molar-refractivity contribution in [2.24, 2.45) is 5.92 Å². The Morgan fingerprint density at radius 1 is 0.929 bits per heavy atom. The predicted octanol–water partition coefficient (Wildman–Crippen LogP) is 2.59. The average molecular weight is 389 g/mol. The first-order valence-electron chi connectivity index (χ1n) is 9.88. The lowest BCUT2D eigenvalue weighted by Crippen LogP contribution is -2.52. The van der Waals surface area contributed by atoms with Crippen molar-refractivity contribution >= 4 is 23.4 Å². The Morgan fingerprint density at radius 3 is 2.11 bits per heavy atom. The number of hydrogen-bond donors (Lipinski definition) is 2. The normalized spacial score (nSPS) is 12.9. The summed E-state index contributed by atoms with van der Waals surface area (Å²) in [6.07, 6.45) is 1.38. The Bertz CT molecular complexity index is 670. The third kappa shape index (κ3) is 8.93. The minimum Gasteiger partial charge on any atom is -0.344 e. The molecule has 0 aromatic heterocycles. The third-order valence-corrected chi connectivity index (χ3v) is 4.39. The molecule has 0 aliphatic heterocycles. The Hall–Kier alpha value is -2.50. The third-order valence-electron chi connectivity index (χ3n) is 4.39. The van der Waals surface area contributed by atoms with Gasteiger partial charge in [-0.3, -0.25) is 14.4 Å². The molecule has 1 aromatic rings. The molecule has 0 saturated heterocycles. The number of benzene rings is 1. The minimum atomic E-state index is -0.759. The minimum absolute atomic E-state index is 0.0554. The SMILES string of the molecule is CCC(=O)NC(Cc1ccccc1)C(=O)NC(CC(C)C)C(=O)CCC(C)=O. The molecule has 0 spiro atoms. The van der Waals surface area contributed by atoms with E-state index in [1.54, 1.807) is 6.92 Å². The molecule has 2 atom stereocenters. The van der Waals surface area contributed by atoms with Crippen molar-refractivity contribution in [1.82, 2.24) is 10.6 Å². The lowest BCUT2D eigenvalue weighted by atomic mass is 9.96. The molecule has 2 amide bonds. The largest absolute Gasteiger partial charge is 0.344 e. The predicted molar refractivity (Wildman–Crippen MR) is 109 cm³/mol. The van der Waals surface area contributed by atoms with Crippen molar-refractivity contribution in [2.45, 2.75) is 71.9 Å². The highest BCUT2D eigenvalue weighted by Crippen LogP contribution is 2.11. The zero-order chi connectivity index (χ0) is 21.1. The number of carbonyl (C=O) groups excluding carboxylic acids is 4. The lowest BCUT2D eigenvalue weighted by Gasteiger charge is -2.24. The first kappa shape index (κ1) is 23.5. The van der Waals surface area contributed by atoms with Crippen LogP contribution in [0, 0.1) is 5.92 Å². The maximum absolute atomic E-state index is 12.9. The molecule has 1 rings (SSSR count). The van der Waals surface area contributed by atoms with Gasteiger partial charge in [0.05, 0.1) is 6.04 Å². The number of nitrogens with one attached hydrogen (secondary N) is 2. The standard InChI is InChI=1S/C22H32N2O4/c1-5-21(27)23-19(14-17-9-7-6-8-10-17)22(28)24-18(13-15(2)3)20(26)12-11-16(4)25/h6-10,15,18-19H,5,11-14H2,1-4H3,(H,23,27)(H,24,28). The van der Waals surface area contributed by atoms with Crippen LogP contribution in [0.25, 0.3) is 0 Å². The van der Waals surface area contributed by atoms with Crippen molar-refractivity contribution in [3.63, 3.8) is 0 Å². The number of carbonyl (C=O) groups is 4. The van der Waals surface area contributed by atoms with Gasteiger partial charge in [0.2, 0.25) is 11.8 Å². The number of Topliss-reactive ketones (excluding diaryl/α,β-unsaturated/α-hetero) is 2. The molecule has 154 valence electrons. The number of ketones is 2. The van der Waals surface area contributed by atoms with E-state index in [1.165, 1.54) is 6.92 Å². The Kier molecular flexibility index (Phi) is 10.1. The molecule has 1 aromatic carbocycles. The van der Waals surface area contributed by atoms with Crippen LogP contribution in [0.3, 0.4) is 0 Å². The van der Waals surface area contributed by atoms with Gasteiger partial charge in [-0.1, -0.05) is 51.1 Å². The first-order chi connectivity index (χ1) is 13.2. The zero-order valence-corrected chi connectivity index (χ0v) is 17.3. The summed E-state index contributed by atoms with van der Waals surface area (Å²) in [5.41, 5.74) is 0.919. The van der Waals surface area contributed by atoms with Gasteiger partial charge in [-0.15, -0.1) is 0 Å². The van der Waals surface area contributed by atoms with Gasteiger partial charge in [-0.2, -0.15) is 0 Å². The van der Waals surface area contributed by atoms with Crippen LogP contribution >= 0.6 is 0 Å². The Labute approximate surface area is 167 Å². The van der Waals surface area contributed by atoms with Gasteiger partial charge >= 0.3 is 0 Å². The molecule has 0 saturated carbocycles. The van der Waals surface area contributed by atoms with Gasteiger partial charge in [-0.05, 0) is 24.8 Å². The lowest BCUT2D eigenvalue weighted by molar-refractivity contribution is -0.132. The van der Waals surface area contributed by atoms with E-state index in [1.807, 2.05) is 44.2 Å². The monoisotopic (exact) mass is 388 g/mol. The van der Waals surface area contributed by atoms with Crippen LogP contribution in [0.4, 0.5) is 0 Å². The second kappa shape index (κ2) is 12.1. The fraction of sp³-hybridized carbons (Fsp3) is 0.545. The van der Waals surface area contributed by atoms with E-state index in [2.05, 4.69) is 10.6 Å². The number of amides is 2. The fourth-order valence-corrected chi connectivity index (χ4v) is 2.84. The van der Waals surface area contributed by atoms with Gasteiger partial charge in [-0.25, -0.2) is 0 Å². The Morgan fingerprint density at radius 2 is 1.57 bits per heavy atom. The Balaban J connectivity index is 2.90. The van der Waals surface area contributed by atoms with E-state index in [9.17, 15) is 19.2 Å². The van der Waals surface area contributed by atoms with Gasteiger partial charge < -0.3 is 15.4 Å². The smallest absolute Gasteiger partial charge is 0.243 e. The summed E-state index contributed by atoms with van der Waals surface area (Å²) in [5.74, 6) is -0.617. The van der Waals surface area contributed by atoms with Crippen LogP contribution in [0.2, 0.25) is 0 Å². The average Bonchev–Trinajstić information content (AvgIpc) is 2.65. The maximum Gasteiger partial charge on any atom is 0.243 e. The highest BCUT2D eigenvalue weighted by molar-refractivity contribution is 5.94. The van der Waals surface area contributed by atoms with E-state index >= 15 is 0 Å². The van der Waals surface area contributed by atoms with Crippen LogP contribution < -0.4 is 10.6 Å². The van der Waals surface area contributed by atoms with Gasteiger partial charge in [0, 0.05) is 25.7 Å². The summed E-state index contributed by atoms with van der Waals surface area (Å²) in [6, 6.07) is 7.99. The van der Waals surface area contributed by atoms with Crippen molar-refractivity contribution in [3.8, 4) is 0 Å². The molecule has 2 N–H and O–H groups in total. The topological polar surface area (TPSA) is 92.3 Å². The van der Waals surface area contributed by atoms with Crippen LogP contribution in [0.1, 0.15) is 58.9 Å². The number of rotatable bonds is 12. The molecule has 6 nitrogen and oxygen atoms in total. The second-order valence-corrected chi connectivity index (χ2v) is 7.52. The molecule has 0 aliphatic carbocycles. The fourth-order valence-electron chi connectivity index (χ4n) is 2.84. The quantitative estimate of drug-likeness (QED) is 0.576. The van der Waals surface area contributed by atoms with E-state index in [0.29, 0.717) is 12.8 Å². The van der Waals surface area contributed by atoms with Gasteiger partial charge in [0.25, 0.3) is 0 Å². The van der Waals surface area contributed by atoms with Crippen LogP contribution in [-0.4, -0.2) is 35.5 Å². The summed E-state index contributed by atoms with van der Waals surface area (Å²) in [5, 5.41) is 5.55. The molecule has 0 heterocycles. The molecular formula is C22H32N2O4. The van der Waals surface area contributed by atoms with E-state index in [-0.39, 0.29) is 48.6 Å².